The maximum atomic E-state index is 10.2. The molecule has 0 aromatic heterocycles. The quantitative estimate of drug-likeness (QED) is 0.305. The van der Waals surface area contributed by atoms with Gasteiger partial charge in [-0.2, -0.15) is 0 Å². The molecule has 1 rings (SSSR count). The first-order valence-electron chi connectivity index (χ1n) is 2.19. The standard InChI is InChI=1S/3K.H3O9P3/c;;;1-10(2)7-11(3,4)9-12(5,6)8-10/h;;;(H,1,2)(H,3,4)(H,5,6)/q3*+1;/p-3. The second-order valence-electron chi connectivity index (χ2n) is 1.59. The van der Waals surface area contributed by atoms with Crippen LogP contribution >= 0.6 is 23.5 Å². The molecule has 1 aliphatic rings. The summed E-state index contributed by atoms with van der Waals surface area (Å²) in [5.41, 5.74) is 0. The van der Waals surface area contributed by atoms with E-state index in [1.54, 1.807) is 0 Å². The third kappa shape index (κ3) is 10.7. The fourth-order valence-corrected chi connectivity index (χ4v) is 4.51. The van der Waals surface area contributed by atoms with Crippen molar-refractivity contribution in [1.29, 1.82) is 0 Å². The van der Waals surface area contributed by atoms with E-state index >= 15 is 0 Å². The van der Waals surface area contributed by atoms with Gasteiger partial charge in [0.25, 0.3) is 23.5 Å². The number of hydrogen-bond acceptors (Lipinski definition) is 9. The second-order valence-corrected chi connectivity index (χ2v) is 6.23. The number of rotatable bonds is 0. The monoisotopic (exact) mass is 354 g/mol. The zero-order chi connectivity index (χ0) is 9.62. The van der Waals surface area contributed by atoms with Gasteiger partial charge in [0.05, 0.1) is 0 Å². The van der Waals surface area contributed by atoms with Crippen molar-refractivity contribution in [2.24, 2.45) is 0 Å². The van der Waals surface area contributed by atoms with Gasteiger partial charge >= 0.3 is 154 Å². The van der Waals surface area contributed by atoms with E-state index in [9.17, 15) is 28.4 Å². The molecule has 0 spiro atoms. The zero-order valence-corrected chi connectivity index (χ0v) is 20.1. The molecular formula is K3O9P3. The van der Waals surface area contributed by atoms with Crippen molar-refractivity contribution in [3.05, 3.63) is 0 Å². The predicted molar refractivity (Wildman–Crippen MR) is 26.1 cm³/mol. The van der Waals surface area contributed by atoms with E-state index < -0.39 is 23.5 Å². The third-order valence-corrected chi connectivity index (χ3v) is 5.40. The maximum Gasteiger partial charge on any atom is 1.00 e. The van der Waals surface area contributed by atoms with Crippen LogP contribution in [0.15, 0.2) is 0 Å². The Hall–Kier alpha value is 5.36. The van der Waals surface area contributed by atoms with E-state index in [0.717, 1.165) is 0 Å². The van der Waals surface area contributed by atoms with E-state index in [1.165, 1.54) is 0 Å². The minimum Gasteiger partial charge on any atom is -0.756 e. The summed E-state index contributed by atoms with van der Waals surface area (Å²) in [6.07, 6.45) is 0. The van der Waals surface area contributed by atoms with Crippen molar-refractivity contribution in [1.82, 2.24) is 0 Å². The summed E-state index contributed by atoms with van der Waals surface area (Å²) in [6.45, 7) is 0. The molecule has 0 unspecified atom stereocenters. The van der Waals surface area contributed by atoms with Gasteiger partial charge in [-0.25, -0.2) is 12.9 Å². The molecule has 0 saturated carbocycles. The molecule has 1 aliphatic heterocycles. The second kappa shape index (κ2) is 9.39. The van der Waals surface area contributed by atoms with Crippen molar-refractivity contribution < 1.29 is 195 Å². The van der Waals surface area contributed by atoms with Gasteiger partial charge in [-0.3, -0.25) is 13.7 Å². The third-order valence-electron chi connectivity index (χ3n) is 0.600. The van der Waals surface area contributed by atoms with Crippen molar-refractivity contribution in [3.63, 3.8) is 0 Å². The van der Waals surface area contributed by atoms with Crippen molar-refractivity contribution in [2.75, 3.05) is 0 Å². The van der Waals surface area contributed by atoms with Crippen LogP contribution in [0.2, 0.25) is 0 Å². The van der Waals surface area contributed by atoms with Crippen LogP contribution in [-0.2, 0) is 26.6 Å². The van der Waals surface area contributed by atoms with Crippen molar-refractivity contribution in [2.45, 2.75) is 0 Å². The summed E-state index contributed by atoms with van der Waals surface area (Å²) in [4.78, 5) is 30.7. The Morgan fingerprint density at radius 2 is 0.733 bits per heavy atom. The Morgan fingerprint density at radius 1 is 0.600 bits per heavy atom. The van der Waals surface area contributed by atoms with Gasteiger partial charge in [0.15, 0.2) is 0 Å². The van der Waals surface area contributed by atoms with Gasteiger partial charge in [-0.1, -0.05) is 0 Å². The molecule has 1 fully saturated rings. The Balaban J connectivity index is -0.000000480. The molecule has 1 saturated heterocycles. The van der Waals surface area contributed by atoms with E-state index in [1.807, 2.05) is 0 Å². The van der Waals surface area contributed by atoms with Gasteiger partial charge < -0.3 is 14.7 Å². The summed E-state index contributed by atoms with van der Waals surface area (Å²) in [6, 6.07) is 0. The fourth-order valence-electron chi connectivity index (χ4n) is 0.412. The molecule has 0 N–H and O–H groups in total. The van der Waals surface area contributed by atoms with Gasteiger partial charge in [-0.05, 0) is 0 Å². The first-order valence-corrected chi connectivity index (χ1v) is 6.57. The van der Waals surface area contributed by atoms with E-state index in [2.05, 4.69) is 12.9 Å². The Labute approximate surface area is 213 Å². The average molecular weight is 354 g/mol. The first kappa shape index (κ1) is 25.3. The average Bonchev–Trinajstić information content (AvgIpc) is 1.44. The van der Waals surface area contributed by atoms with Gasteiger partial charge in [0, 0.05) is 0 Å². The summed E-state index contributed by atoms with van der Waals surface area (Å²) in [5, 5.41) is 0. The van der Waals surface area contributed by atoms with E-state index in [4.69, 9.17) is 0 Å². The number of hydrogen-bond donors (Lipinski definition) is 0. The van der Waals surface area contributed by atoms with Gasteiger partial charge in [0.2, 0.25) is 0 Å². The van der Waals surface area contributed by atoms with Crippen LogP contribution in [0.25, 0.3) is 0 Å². The molecule has 1 heterocycles. The van der Waals surface area contributed by atoms with Crippen LogP contribution in [0.1, 0.15) is 0 Å². The fraction of sp³-hybridized carbons (Fsp3) is 0. The number of phosphoric acid groups is 3. The summed E-state index contributed by atoms with van der Waals surface area (Å²) in [5.74, 6) is 0. The molecule has 0 amide bonds. The zero-order valence-electron chi connectivity index (χ0n) is 8.02. The van der Waals surface area contributed by atoms with Gasteiger partial charge in [0.1, 0.15) is 0 Å². The van der Waals surface area contributed by atoms with Crippen LogP contribution < -0.4 is 169 Å². The first-order chi connectivity index (χ1) is 5.12. The minimum atomic E-state index is -5.36. The minimum absolute atomic E-state index is 0. The van der Waals surface area contributed by atoms with E-state index in [-0.39, 0.29) is 154 Å². The topological polar surface area (TPSA) is 148 Å². The molecule has 15 heteroatoms. The molecule has 0 aliphatic carbocycles. The predicted octanol–water partition coefficient (Wildman–Crippen LogP) is -10.5. The van der Waals surface area contributed by atoms with Crippen LogP contribution in [0.3, 0.4) is 0 Å². The molecule has 72 valence electrons. The molecule has 9 nitrogen and oxygen atoms in total. The normalized spacial score (nSPS) is 44.2. The summed E-state index contributed by atoms with van der Waals surface area (Å²) >= 11 is 0. The maximum absolute atomic E-state index is 10.2. The van der Waals surface area contributed by atoms with Crippen LogP contribution in [0.5, 0.6) is 0 Å². The molecule has 15 heavy (non-hydrogen) atoms. The van der Waals surface area contributed by atoms with Crippen LogP contribution in [0, 0.1) is 0 Å². The molecule has 0 aromatic carbocycles. The van der Waals surface area contributed by atoms with Gasteiger partial charge in [-0.15, -0.1) is 0 Å². The van der Waals surface area contributed by atoms with Crippen molar-refractivity contribution >= 4 is 23.5 Å². The molecule has 0 aromatic rings. The molecule has 0 bridgehead atoms. The van der Waals surface area contributed by atoms with Crippen molar-refractivity contribution in [3.8, 4) is 0 Å². The summed E-state index contributed by atoms with van der Waals surface area (Å²) < 4.78 is 40.3. The largest absolute Gasteiger partial charge is 1.00 e. The smallest absolute Gasteiger partial charge is 0.756 e. The Bertz CT molecular complexity index is 265. The van der Waals surface area contributed by atoms with Crippen LogP contribution in [-0.4, -0.2) is 0 Å². The van der Waals surface area contributed by atoms with Crippen LogP contribution in [0.4, 0.5) is 0 Å². The molecule has 0 atom stereocenters. The van der Waals surface area contributed by atoms with E-state index in [0.29, 0.717) is 0 Å². The SMILES string of the molecule is O=P1([O-])OP(=O)([O-])OP(=O)([O-])O1.[K+].[K+].[K+]. The Kier molecular flexibility index (Phi) is 15.9. The molecule has 0 radical (unpaired) electrons. The molecular weight excluding hydrogens is 354 g/mol. The Morgan fingerprint density at radius 3 is 0.867 bits per heavy atom. The summed E-state index contributed by atoms with van der Waals surface area (Å²) in [7, 11) is -16.1.